The molecule has 4 nitrogen and oxygen atoms in total. The summed E-state index contributed by atoms with van der Waals surface area (Å²) in [4.78, 5) is 5.46. The van der Waals surface area contributed by atoms with Gasteiger partial charge in [-0.3, -0.25) is 4.99 Å². The molecule has 0 aliphatic carbocycles. The van der Waals surface area contributed by atoms with E-state index in [1.165, 1.54) is 10.1 Å². The first-order chi connectivity index (χ1) is 11.7. The van der Waals surface area contributed by atoms with E-state index in [4.69, 9.17) is 0 Å². The quantitative estimate of drug-likeness (QED) is 0.163. The van der Waals surface area contributed by atoms with Gasteiger partial charge in [-0.2, -0.15) is 11.8 Å². The summed E-state index contributed by atoms with van der Waals surface area (Å²) in [7, 11) is 0. The van der Waals surface area contributed by atoms with E-state index in [1.54, 1.807) is 11.3 Å². The maximum atomic E-state index is 10.4. The van der Waals surface area contributed by atoms with Gasteiger partial charge in [-0.1, -0.05) is 24.3 Å². The number of nitrogens with one attached hydrogen (secondary N) is 2. The van der Waals surface area contributed by atoms with Crippen LogP contribution in [0.4, 0.5) is 0 Å². The predicted octanol–water partition coefficient (Wildman–Crippen LogP) is 4.03. The van der Waals surface area contributed by atoms with Crippen LogP contribution < -0.4 is 10.6 Å². The van der Waals surface area contributed by atoms with Gasteiger partial charge in [-0.25, -0.2) is 0 Å². The highest BCUT2D eigenvalue weighted by molar-refractivity contribution is 14.0. The largest absolute Gasteiger partial charge is 0.386 e. The third-order valence-electron chi connectivity index (χ3n) is 3.31. The molecule has 1 atom stereocenters. The Hall–Kier alpha value is -0.770. The number of aliphatic hydroxyl groups is 1. The zero-order valence-corrected chi connectivity index (χ0v) is 18.4. The number of benzene rings is 1. The smallest absolute Gasteiger partial charge is 0.191 e. The summed E-state index contributed by atoms with van der Waals surface area (Å²) in [5.41, 5.74) is 0. The number of aliphatic hydroxyl groups excluding tert-OH is 1. The van der Waals surface area contributed by atoms with Crippen LogP contribution in [0.25, 0.3) is 10.1 Å². The second-order valence-electron chi connectivity index (χ2n) is 5.21. The Balaban J connectivity index is 0.00000312. The van der Waals surface area contributed by atoms with Gasteiger partial charge in [0.2, 0.25) is 0 Å². The topological polar surface area (TPSA) is 56.7 Å². The predicted molar refractivity (Wildman–Crippen MR) is 124 cm³/mol. The fourth-order valence-corrected chi connectivity index (χ4v) is 3.81. The Bertz CT molecular complexity index is 642. The van der Waals surface area contributed by atoms with E-state index < -0.39 is 6.10 Å². The molecule has 1 heterocycles. The van der Waals surface area contributed by atoms with Gasteiger partial charge in [0.1, 0.15) is 6.10 Å². The number of fused-ring (bicyclic) bond motifs is 1. The number of hydrogen-bond donors (Lipinski definition) is 3. The second-order valence-corrected chi connectivity index (χ2v) is 7.48. The molecule has 2 rings (SSSR count). The van der Waals surface area contributed by atoms with Crippen molar-refractivity contribution in [2.24, 2.45) is 4.99 Å². The molecule has 1 unspecified atom stereocenters. The van der Waals surface area contributed by atoms with E-state index in [0.717, 1.165) is 35.4 Å². The maximum Gasteiger partial charge on any atom is 0.191 e. The molecule has 0 saturated heterocycles. The monoisotopic (exact) mass is 491 g/mol. The Labute approximate surface area is 175 Å². The number of aliphatic imine (C=N–C) groups is 1. The minimum absolute atomic E-state index is 0. The lowest BCUT2D eigenvalue weighted by Crippen LogP contribution is -2.38. The highest BCUT2D eigenvalue weighted by atomic mass is 127. The summed E-state index contributed by atoms with van der Waals surface area (Å²) in [5.74, 6) is 2.70. The first kappa shape index (κ1) is 22.3. The van der Waals surface area contributed by atoms with Crippen molar-refractivity contribution in [2.75, 3.05) is 31.1 Å². The molecule has 0 aliphatic rings. The van der Waals surface area contributed by atoms with Crippen molar-refractivity contribution in [3.05, 3.63) is 47.9 Å². The fourth-order valence-electron chi connectivity index (χ4n) is 2.18. The lowest BCUT2D eigenvalue weighted by Gasteiger charge is -2.12. The first-order valence-electron chi connectivity index (χ1n) is 8.12. The molecule has 0 bridgehead atoms. The lowest BCUT2D eigenvalue weighted by molar-refractivity contribution is 0.191. The van der Waals surface area contributed by atoms with Crippen LogP contribution in [0.5, 0.6) is 0 Å². The van der Waals surface area contributed by atoms with E-state index in [0.29, 0.717) is 6.54 Å². The molecule has 0 aliphatic heterocycles. The Morgan fingerprint density at radius 1 is 1.40 bits per heavy atom. The van der Waals surface area contributed by atoms with Crippen molar-refractivity contribution in [3.8, 4) is 0 Å². The zero-order chi connectivity index (χ0) is 17.2. The number of thioether (sulfide) groups is 1. The molecule has 2 aromatic rings. The van der Waals surface area contributed by atoms with E-state index in [1.807, 2.05) is 43.0 Å². The number of rotatable bonds is 9. The average Bonchev–Trinajstić information content (AvgIpc) is 3.03. The number of nitrogens with zero attached hydrogens (tertiary/aromatic N) is 1. The normalized spacial score (nSPS) is 12.5. The average molecular weight is 491 g/mol. The third kappa shape index (κ3) is 7.55. The molecule has 7 heteroatoms. The molecule has 0 fully saturated rings. The minimum atomic E-state index is -0.576. The van der Waals surface area contributed by atoms with E-state index in [9.17, 15) is 5.11 Å². The Morgan fingerprint density at radius 2 is 2.20 bits per heavy atom. The molecule has 138 valence electrons. The van der Waals surface area contributed by atoms with Crippen LogP contribution in [0.2, 0.25) is 0 Å². The van der Waals surface area contributed by atoms with Gasteiger partial charge in [0.25, 0.3) is 0 Å². The summed E-state index contributed by atoms with van der Waals surface area (Å²) in [6.45, 7) is 7.73. The minimum Gasteiger partial charge on any atom is -0.386 e. The SMILES string of the molecule is C=CCSCCNC(=NCC(O)c1cc2ccccc2s1)NCC.I. The zero-order valence-electron chi connectivity index (χ0n) is 14.4. The van der Waals surface area contributed by atoms with Crippen LogP contribution in [-0.2, 0) is 0 Å². The Morgan fingerprint density at radius 3 is 2.92 bits per heavy atom. The number of halogens is 1. The molecule has 0 spiro atoms. The second kappa shape index (κ2) is 12.6. The summed E-state index contributed by atoms with van der Waals surface area (Å²) in [6, 6.07) is 10.2. The molecule has 0 saturated carbocycles. The van der Waals surface area contributed by atoms with E-state index in [-0.39, 0.29) is 24.0 Å². The molecule has 25 heavy (non-hydrogen) atoms. The van der Waals surface area contributed by atoms with Crippen LogP contribution in [0.3, 0.4) is 0 Å². The number of thiophene rings is 1. The lowest BCUT2D eigenvalue weighted by atomic mass is 10.2. The summed E-state index contributed by atoms with van der Waals surface area (Å²) in [6.07, 6.45) is 1.33. The number of hydrogen-bond acceptors (Lipinski definition) is 4. The van der Waals surface area contributed by atoms with Crippen LogP contribution in [-0.4, -0.2) is 42.2 Å². The molecular weight excluding hydrogens is 465 g/mol. The maximum absolute atomic E-state index is 10.4. The molecule has 0 amide bonds. The molecule has 0 radical (unpaired) electrons. The van der Waals surface area contributed by atoms with Crippen molar-refractivity contribution in [3.63, 3.8) is 0 Å². The van der Waals surface area contributed by atoms with Crippen molar-refractivity contribution in [1.82, 2.24) is 10.6 Å². The summed E-state index contributed by atoms with van der Waals surface area (Å²) >= 11 is 3.45. The molecular formula is C18H26IN3OS2. The van der Waals surface area contributed by atoms with Gasteiger partial charge in [-0.05, 0) is 24.4 Å². The van der Waals surface area contributed by atoms with Crippen molar-refractivity contribution >= 4 is 63.1 Å². The summed E-state index contributed by atoms with van der Waals surface area (Å²) in [5, 5.41) is 18.1. The highest BCUT2D eigenvalue weighted by Gasteiger charge is 2.11. The molecule has 3 N–H and O–H groups in total. The van der Waals surface area contributed by atoms with Crippen LogP contribution in [0.1, 0.15) is 17.9 Å². The van der Waals surface area contributed by atoms with E-state index in [2.05, 4.69) is 34.3 Å². The Kier molecular flexibility index (Phi) is 11.2. The van der Waals surface area contributed by atoms with Crippen LogP contribution in [0, 0.1) is 0 Å². The van der Waals surface area contributed by atoms with Crippen LogP contribution in [0.15, 0.2) is 48.0 Å². The van der Waals surface area contributed by atoms with Gasteiger partial charge in [-0.15, -0.1) is 41.9 Å². The van der Waals surface area contributed by atoms with Crippen molar-refractivity contribution < 1.29 is 5.11 Å². The fraction of sp³-hybridized carbons (Fsp3) is 0.389. The highest BCUT2D eigenvalue weighted by Crippen LogP contribution is 2.29. The number of guanidine groups is 1. The van der Waals surface area contributed by atoms with Crippen molar-refractivity contribution in [2.45, 2.75) is 13.0 Å². The summed E-state index contributed by atoms with van der Waals surface area (Å²) < 4.78 is 1.19. The third-order valence-corrected chi connectivity index (χ3v) is 5.50. The molecule has 1 aromatic carbocycles. The van der Waals surface area contributed by atoms with E-state index >= 15 is 0 Å². The molecule has 1 aromatic heterocycles. The first-order valence-corrected chi connectivity index (χ1v) is 10.1. The van der Waals surface area contributed by atoms with Gasteiger partial charge in [0, 0.05) is 34.2 Å². The van der Waals surface area contributed by atoms with Gasteiger partial charge in [0.15, 0.2) is 5.96 Å². The van der Waals surface area contributed by atoms with Gasteiger partial charge < -0.3 is 15.7 Å². The standard InChI is InChI=1S/C18H25N3OS2.HI/c1-3-10-23-11-9-20-18(19-4-2)21-13-15(22)17-12-14-7-5-6-8-16(14)24-17;/h3,5-8,12,15,22H,1,4,9-11,13H2,2H3,(H2,19,20,21);1H. The van der Waals surface area contributed by atoms with Crippen molar-refractivity contribution in [1.29, 1.82) is 0 Å². The van der Waals surface area contributed by atoms with Gasteiger partial charge >= 0.3 is 0 Å². The van der Waals surface area contributed by atoms with Gasteiger partial charge in [0.05, 0.1) is 6.54 Å². The van der Waals surface area contributed by atoms with Crippen LogP contribution >= 0.6 is 47.1 Å².